The molecule has 0 bridgehead atoms. The van der Waals surface area contributed by atoms with Crippen LogP contribution in [-0.2, 0) is 6.42 Å². The van der Waals surface area contributed by atoms with Crippen LogP contribution in [0, 0.1) is 0 Å². The van der Waals surface area contributed by atoms with Crippen LogP contribution in [0.5, 0.6) is 0 Å². The molecule has 88 valence electrons. The van der Waals surface area contributed by atoms with E-state index in [1.165, 1.54) is 16.5 Å². The number of fused-ring (bicyclic) bond motifs is 1. The van der Waals surface area contributed by atoms with Crippen molar-refractivity contribution < 1.29 is 0 Å². The summed E-state index contributed by atoms with van der Waals surface area (Å²) in [6.07, 6.45) is 1.03. The fourth-order valence-electron chi connectivity index (χ4n) is 2.30. The minimum Gasteiger partial charge on any atom is -0.248 e. The lowest BCUT2D eigenvalue weighted by molar-refractivity contribution is 1.15. The van der Waals surface area contributed by atoms with Crippen LogP contribution in [-0.4, -0.2) is 4.98 Å². The van der Waals surface area contributed by atoms with Gasteiger partial charge in [-0.3, -0.25) is 0 Å². The number of para-hydroxylation sites is 1. The highest BCUT2D eigenvalue weighted by Crippen LogP contribution is 2.24. The van der Waals surface area contributed by atoms with Gasteiger partial charge in [0.1, 0.15) is 0 Å². The van der Waals surface area contributed by atoms with E-state index in [9.17, 15) is 0 Å². The summed E-state index contributed by atoms with van der Waals surface area (Å²) < 4.78 is 0. The molecular formula is C17H15N. The normalized spacial score (nSPS) is 10.7. The van der Waals surface area contributed by atoms with E-state index in [0.29, 0.717) is 0 Å². The van der Waals surface area contributed by atoms with Gasteiger partial charge in [0.15, 0.2) is 0 Å². The molecule has 0 aliphatic heterocycles. The first-order valence-electron chi connectivity index (χ1n) is 6.32. The molecule has 0 saturated carbocycles. The lowest BCUT2D eigenvalue weighted by atomic mass is 10.0. The number of benzene rings is 2. The molecule has 0 unspecified atom stereocenters. The van der Waals surface area contributed by atoms with E-state index in [4.69, 9.17) is 4.98 Å². The van der Waals surface area contributed by atoms with Gasteiger partial charge in [0.2, 0.25) is 0 Å². The monoisotopic (exact) mass is 233 g/mol. The van der Waals surface area contributed by atoms with Gasteiger partial charge in [0.25, 0.3) is 0 Å². The Balaban J connectivity index is 2.26. The van der Waals surface area contributed by atoms with Crippen LogP contribution in [0.1, 0.15) is 12.5 Å². The largest absolute Gasteiger partial charge is 0.248 e. The summed E-state index contributed by atoms with van der Waals surface area (Å²) in [5.41, 5.74) is 4.68. The minimum absolute atomic E-state index is 1.03. The zero-order chi connectivity index (χ0) is 12.4. The maximum atomic E-state index is 4.75. The van der Waals surface area contributed by atoms with E-state index in [-0.39, 0.29) is 0 Å². The Hall–Kier alpha value is -2.15. The molecule has 0 spiro atoms. The molecule has 0 fully saturated rings. The zero-order valence-corrected chi connectivity index (χ0v) is 10.4. The third-order valence-electron chi connectivity index (χ3n) is 3.25. The highest BCUT2D eigenvalue weighted by Gasteiger charge is 2.05. The maximum Gasteiger partial charge on any atom is 0.0712 e. The van der Waals surface area contributed by atoms with Gasteiger partial charge >= 0.3 is 0 Å². The molecule has 0 aliphatic rings. The van der Waals surface area contributed by atoms with E-state index in [2.05, 4.69) is 55.5 Å². The summed E-state index contributed by atoms with van der Waals surface area (Å²) in [5, 5.41) is 1.26. The number of aromatic nitrogens is 1. The lowest BCUT2D eigenvalue weighted by Gasteiger charge is -2.08. The molecule has 3 aromatic rings. The Labute approximate surface area is 107 Å². The molecule has 3 rings (SSSR count). The lowest BCUT2D eigenvalue weighted by Crippen LogP contribution is -1.91. The van der Waals surface area contributed by atoms with Crippen LogP contribution < -0.4 is 0 Å². The van der Waals surface area contributed by atoms with Crippen molar-refractivity contribution in [3.63, 3.8) is 0 Å². The van der Waals surface area contributed by atoms with Crippen molar-refractivity contribution in [1.29, 1.82) is 0 Å². The smallest absolute Gasteiger partial charge is 0.0712 e. The number of rotatable bonds is 2. The van der Waals surface area contributed by atoms with Crippen LogP contribution in [0.15, 0.2) is 60.7 Å². The van der Waals surface area contributed by atoms with Crippen molar-refractivity contribution in [2.75, 3.05) is 0 Å². The van der Waals surface area contributed by atoms with Crippen LogP contribution in [0.2, 0.25) is 0 Å². The van der Waals surface area contributed by atoms with Crippen molar-refractivity contribution in [2.24, 2.45) is 0 Å². The highest BCUT2D eigenvalue weighted by molar-refractivity contribution is 5.85. The molecule has 0 N–H and O–H groups in total. The molecule has 18 heavy (non-hydrogen) atoms. The Morgan fingerprint density at radius 3 is 2.39 bits per heavy atom. The summed E-state index contributed by atoms with van der Waals surface area (Å²) in [6, 6.07) is 20.9. The second kappa shape index (κ2) is 4.61. The quantitative estimate of drug-likeness (QED) is 0.636. The minimum atomic E-state index is 1.03. The molecule has 0 amide bonds. The first-order valence-corrected chi connectivity index (χ1v) is 6.32. The Morgan fingerprint density at radius 2 is 1.61 bits per heavy atom. The van der Waals surface area contributed by atoms with E-state index in [1.54, 1.807) is 0 Å². The molecule has 2 aromatic carbocycles. The Kier molecular flexibility index (Phi) is 2.81. The van der Waals surface area contributed by atoms with Crippen LogP contribution >= 0.6 is 0 Å². The number of aryl methyl sites for hydroxylation is 1. The summed E-state index contributed by atoms with van der Waals surface area (Å²) in [6.45, 7) is 2.19. The number of pyridine rings is 1. The van der Waals surface area contributed by atoms with E-state index in [0.717, 1.165) is 17.6 Å². The van der Waals surface area contributed by atoms with Crippen molar-refractivity contribution in [3.8, 4) is 11.3 Å². The molecule has 1 nitrogen and oxygen atoms in total. The molecule has 1 heterocycles. The summed E-state index contributed by atoms with van der Waals surface area (Å²) in [7, 11) is 0. The molecule has 0 atom stereocenters. The fourth-order valence-corrected chi connectivity index (χ4v) is 2.30. The van der Waals surface area contributed by atoms with Gasteiger partial charge in [-0.25, -0.2) is 4.98 Å². The van der Waals surface area contributed by atoms with Gasteiger partial charge in [0, 0.05) is 10.9 Å². The van der Waals surface area contributed by atoms with Crippen LogP contribution in [0.3, 0.4) is 0 Å². The predicted octanol–water partition coefficient (Wildman–Crippen LogP) is 4.46. The average molecular weight is 233 g/mol. The molecule has 0 radical (unpaired) electrons. The van der Waals surface area contributed by atoms with Crippen molar-refractivity contribution in [3.05, 3.63) is 66.2 Å². The summed E-state index contributed by atoms with van der Waals surface area (Å²) in [4.78, 5) is 4.75. The van der Waals surface area contributed by atoms with E-state index in [1.807, 2.05) is 12.1 Å². The Morgan fingerprint density at radius 1 is 0.889 bits per heavy atom. The van der Waals surface area contributed by atoms with Gasteiger partial charge in [-0.05, 0) is 24.1 Å². The van der Waals surface area contributed by atoms with Gasteiger partial charge < -0.3 is 0 Å². The van der Waals surface area contributed by atoms with Gasteiger partial charge in [0.05, 0.1) is 11.2 Å². The molecular weight excluding hydrogens is 218 g/mol. The maximum absolute atomic E-state index is 4.75. The van der Waals surface area contributed by atoms with Gasteiger partial charge in [-0.1, -0.05) is 55.5 Å². The average Bonchev–Trinajstić information content (AvgIpc) is 2.47. The molecule has 0 aliphatic carbocycles. The molecule has 1 heteroatoms. The number of hydrogen-bond donors (Lipinski definition) is 0. The highest BCUT2D eigenvalue weighted by atomic mass is 14.7. The zero-order valence-electron chi connectivity index (χ0n) is 10.4. The third-order valence-corrected chi connectivity index (χ3v) is 3.25. The van der Waals surface area contributed by atoms with Crippen molar-refractivity contribution in [1.82, 2.24) is 4.98 Å². The van der Waals surface area contributed by atoms with Gasteiger partial charge in [-0.15, -0.1) is 0 Å². The fraction of sp³-hybridized carbons (Fsp3) is 0.118. The standard InChI is InChI=1S/C17H15N/c1-2-13-12-17(14-8-4-3-5-9-14)18-16-11-7-6-10-15(13)16/h3-12H,2H2,1H3. The third kappa shape index (κ3) is 1.88. The SMILES string of the molecule is CCc1cc(-c2ccccc2)nc2ccccc12. The first-order chi connectivity index (χ1) is 8.88. The Bertz CT molecular complexity index is 672. The number of nitrogens with zero attached hydrogens (tertiary/aromatic N) is 1. The van der Waals surface area contributed by atoms with Crippen LogP contribution in [0.25, 0.3) is 22.2 Å². The van der Waals surface area contributed by atoms with E-state index >= 15 is 0 Å². The van der Waals surface area contributed by atoms with Crippen LogP contribution in [0.4, 0.5) is 0 Å². The van der Waals surface area contributed by atoms with Crippen molar-refractivity contribution in [2.45, 2.75) is 13.3 Å². The van der Waals surface area contributed by atoms with E-state index < -0.39 is 0 Å². The second-order valence-electron chi connectivity index (χ2n) is 4.40. The molecule has 1 aromatic heterocycles. The topological polar surface area (TPSA) is 12.9 Å². The molecule has 0 saturated heterocycles. The summed E-state index contributed by atoms with van der Waals surface area (Å²) >= 11 is 0. The predicted molar refractivity (Wildman–Crippen MR) is 76.6 cm³/mol. The summed E-state index contributed by atoms with van der Waals surface area (Å²) in [5.74, 6) is 0. The second-order valence-corrected chi connectivity index (χ2v) is 4.40. The number of hydrogen-bond acceptors (Lipinski definition) is 1. The van der Waals surface area contributed by atoms with Crippen molar-refractivity contribution >= 4 is 10.9 Å². The van der Waals surface area contributed by atoms with Gasteiger partial charge in [-0.2, -0.15) is 0 Å². The first kappa shape index (κ1) is 11.0.